The number of rotatable bonds is 11. The van der Waals surface area contributed by atoms with Gasteiger partial charge in [0.25, 0.3) is 0 Å². The number of nitrogens with zero attached hydrogens (tertiary/aromatic N) is 1. The molecule has 1 N–H and O–H groups in total. The second-order valence-electron chi connectivity index (χ2n) is 6.66. The van der Waals surface area contributed by atoms with Crippen LogP contribution in [0, 0.1) is 11.8 Å². The predicted molar refractivity (Wildman–Crippen MR) is 97.5 cm³/mol. The lowest BCUT2D eigenvalue weighted by molar-refractivity contribution is 0.290. The predicted octanol–water partition coefficient (Wildman–Crippen LogP) is 5.07. The van der Waals surface area contributed by atoms with Crippen LogP contribution < -0.4 is 5.32 Å². The van der Waals surface area contributed by atoms with Gasteiger partial charge in [-0.1, -0.05) is 46.5 Å². The molecular formula is C18H36N2S. The van der Waals surface area contributed by atoms with E-state index >= 15 is 0 Å². The zero-order valence-electron chi connectivity index (χ0n) is 14.8. The molecule has 4 unspecified atom stereocenters. The van der Waals surface area contributed by atoms with Crippen molar-refractivity contribution < 1.29 is 0 Å². The fourth-order valence-corrected chi connectivity index (χ4v) is 4.19. The van der Waals surface area contributed by atoms with Gasteiger partial charge in [-0.05, 0) is 37.0 Å². The second-order valence-corrected chi connectivity index (χ2v) is 7.75. The number of nitrogens with one attached hydrogen (secondary N) is 1. The Balaban J connectivity index is 2.27. The van der Waals surface area contributed by atoms with Crippen molar-refractivity contribution in [1.29, 1.82) is 0 Å². The molecule has 0 aliphatic carbocycles. The lowest BCUT2D eigenvalue weighted by Gasteiger charge is -2.27. The van der Waals surface area contributed by atoms with Crippen molar-refractivity contribution in [2.75, 3.05) is 13.6 Å². The third-order valence-electron chi connectivity index (χ3n) is 4.83. The van der Waals surface area contributed by atoms with E-state index in [1.807, 2.05) is 11.8 Å². The molecule has 0 bridgehead atoms. The molecule has 1 heterocycles. The third-order valence-corrected chi connectivity index (χ3v) is 5.92. The second kappa shape index (κ2) is 10.6. The number of likely N-dealkylation sites (N-methyl/N-ethyl adjacent to an activating group) is 1. The molecule has 0 saturated carbocycles. The van der Waals surface area contributed by atoms with Crippen molar-refractivity contribution in [2.24, 2.45) is 11.8 Å². The van der Waals surface area contributed by atoms with Crippen LogP contribution >= 0.6 is 11.8 Å². The van der Waals surface area contributed by atoms with E-state index in [-0.39, 0.29) is 0 Å². The van der Waals surface area contributed by atoms with Crippen molar-refractivity contribution in [1.82, 2.24) is 10.2 Å². The summed E-state index contributed by atoms with van der Waals surface area (Å²) < 4.78 is 0. The Labute approximate surface area is 137 Å². The molecule has 0 amide bonds. The van der Waals surface area contributed by atoms with Crippen molar-refractivity contribution in [3.05, 3.63) is 11.6 Å². The molecule has 124 valence electrons. The lowest BCUT2D eigenvalue weighted by Crippen LogP contribution is -2.38. The molecule has 0 fully saturated rings. The maximum atomic E-state index is 3.74. The van der Waals surface area contributed by atoms with Gasteiger partial charge in [-0.25, -0.2) is 0 Å². The first-order chi connectivity index (χ1) is 10.1. The van der Waals surface area contributed by atoms with Gasteiger partial charge in [0.05, 0.1) is 5.37 Å². The molecule has 1 rings (SSSR count). The number of hydrogen-bond acceptors (Lipinski definition) is 3. The first-order valence-corrected chi connectivity index (χ1v) is 9.82. The third kappa shape index (κ3) is 7.10. The quantitative estimate of drug-likeness (QED) is 0.573. The summed E-state index contributed by atoms with van der Waals surface area (Å²) in [6.07, 6.45) is 10.3. The molecule has 0 spiro atoms. The molecule has 0 aromatic carbocycles. The summed E-state index contributed by atoms with van der Waals surface area (Å²) in [6.45, 7) is 10.5. The van der Waals surface area contributed by atoms with E-state index in [1.54, 1.807) is 0 Å². The van der Waals surface area contributed by atoms with Crippen LogP contribution in [0.15, 0.2) is 11.6 Å². The molecule has 0 aromatic heterocycles. The summed E-state index contributed by atoms with van der Waals surface area (Å²) in [4.78, 5) is 2.30. The first kappa shape index (κ1) is 18.9. The van der Waals surface area contributed by atoms with E-state index in [1.165, 1.54) is 38.5 Å². The van der Waals surface area contributed by atoms with E-state index in [2.05, 4.69) is 56.6 Å². The van der Waals surface area contributed by atoms with Gasteiger partial charge in [0, 0.05) is 25.8 Å². The largest absolute Gasteiger partial charge is 0.366 e. The van der Waals surface area contributed by atoms with E-state index in [4.69, 9.17) is 0 Å². The molecule has 3 heteroatoms. The fourth-order valence-electron chi connectivity index (χ4n) is 3.29. The van der Waals surface area contributed by atoms with Gasteiger partial charge in [-0.2, -0.15) is 0 Å². The highest BCUT2D eigenvalue weighted by atomic mass is 32.2. The summed E-state index contributed by atoms with van der Waals surface area (Å²) in [6, 6.07) is 0.628. The molecule has 0 aromatic rings. The van der Waals surface area contributed by atoms with Crippen LogP contribution in [0.3, 0.4) is 0 Å². The van der Waals surface area contributed by atoms with Gasteiger partial charge in [-0.15, -0.1) is 11.8 Å². The van der Waals surface area contributed by atoms with Crippen LogP contribution in [0.1, 0.15) is 66.2 Å². The Morgan fingerprint density at radius 2 is 1.86 bits per heavy atom. The Morgan fingerprint density at radius 3 is 2.38 bits per heavy atom. The number of thioether (sulfide) groups is 1. The number of hydrogen-bond donors (Lipinski definition) is 1. The minimum absolute atomic E-state index is 0.580. The van der Waals surface area contributed by atoms with Crippen LogP contribution in [0.4, 0.5) is 0 Å². The van der Waals surface area contributed by atoms with Crippen LogP contribution in [0.2, 0.25) is 0 Å². The molecule has 0 radical (unpaired) electrons. The summed E-state index contributed by atoms with van der Waals surface area (Å²) in [5.41, 5.74) is 0. The van der Waals surface area contributed by atoms with Gasteiger partial charge < -0.3 is 10.2 Å². The smallest absolute Gasteiger partial charge is 0.0907 e. The maximum Gasteiger partial charge on any atom is 0.0907 e. The van der Waals surface area contributed by atoms with Crippen molar-refractivity contribution in [2.45, 2.75) is 77.6 Å². The highest BCUT2D eigenvalue weighted by Crippen LogP contribution is 2.26. The topological polar surface area (TPSA) is 15.3 Å². The van der Waals surface area contributed by atoms with Crippen LogP contribution in [-0.4, -0.2) is 29.9 Å². The summed E-state index contributed by atoms with van der Waals surface area (Å²) in [5, 5.41) is 6.52. The summed E-state index contributed by atoms with van der Waals surface area (Å²) in [5.74, 6) is 1.82. The highest BCUT2D eigenvalue weighted by molar-refractivity contribution is 8.02. The Hall–Kier alpha value is -0.150. The first-order valence-electron chi connectivity index (χ1n) is 8.88. The minimum atomic E-state index is 0.580. The van der Waals surface area contributed by atoms with Crippen LogP contribution in [0.25, 0.3) is 0 Å². The fraction of sp³-hybridized carbons (Fsp3) is 0.889. The van der Waals surface area contributed by atoms with Gasteiger partial charge >= 0.3 is 0 Å². The lowest BCUT2D eigenvalue weighted by atomic mass is 9.84. The van der Waals surface area contributed by atoms with Gasteiger partial charge in [0.2, 0.25) is 0 Å². The van der Waals surface area contributed by atoms with E-state index in [9.17, 15) is 0 Å². The van der Waals surface area contributed by atoms with E-state index in [0.29, 0.717) is 11.4 Å². The molecule has 1 aliphatic heterocycles. The Kier molecular flexibility index (Phi) is 9.50. The summed E-state index contributed by atoms with van der Waals surface area (Å²) >= 11 is 1.92. The van der Waals surface area contributed by atoms with Crippen LogP contribution in [0.5, 0.6) is 0 Å². The van der Waals surface area contributed by atoms with Gasteiger partial charge in [0.15, 0.2) is 0 Å². The maximum absolute atomic E-state index is 3.74. The zero-order chi connectivity index (χ0) is 15.7. The van der Waals surface area contributed by atoms with E-state index in [0.717, 1.165) is 18.4 Å². The van der Waals surface area contributed by atoms with Gasteiger partial charge in [-0.3, -0.25) is 0 Å². The monoisotopic (exact) mass is 312 g/mol. The summed E-state index contributed by atoms with van der Waals surface area (Å²) in [7, 11) is 2.17. The molecular weight excluding hydrogens is 276 g/mol. The Morgan fingerprint density at radius 1 is 1.14 bits per heavy atom. The van der Waals surface area contributed by atoms with E-state index < -0.39 is 0 Å². The normalized spacial score (nSPS) is 22.5. The molecule has 21 heavy (non-hydrogen) atoms. The standard InChI is InChI=1S/C18H36N2S/c1-6-9-16(7-2)13-17(8-3)12-15(4)19-14-18-20(5)10-11-21-18/h10-11,15-19H,6-9,12-14H2,1-5H3. The van der Waals surface area contributed by atoms with Crippen molar-refractivity contribution in [3.8, 4) is 0 Å². The average Bonchev–Trinajstić information content (AvgIpc) is 2.89. The molecule has 2 nitrogen and oxygen atoms in total. The minimum Gasteiger partial charge on any atom is -0.366 e. The zero-order valence-corrected chi connectivity index (χ0v) is 15.6. The highest BCUT2D eigenvalue weighted by Gasteiger charge is 2.19. The van der Waals surface area contributed by atoms with Crippen molar-refractivity contribution >= 4 is 11.8 Å². The van der Waals surface area contributed by atoms with Crippen molar-refractivity contribution in [3.63, 3.8) is 0 Å². The van der Waals surface area contributed by atoms with Crippen LogP contribution in [-0.2, 0) is 0 Å². The molecule has 1 aliphatic rings. The SMILES string of the molecule is CCCC(CC)CC(CC)CC(C)NCC1SC=CN1C. The molecule has 0 saturated heterocycles. The average molecular weight is 313 g/mol. The Bertz CT molecular complexity index is 293. The molecule has 4 atom stereocenters. The van der Waals surface area contributed by atoms with Gasteiger partial charge in [0.1, 0.15) is 0 Å².